The molecule has 3 rings (SSSR count). The molecule has 17 heavy (non-hydrogen) atoms. The maximum atomic E-state index is 4.48. The molecule has 1 unspecified atom stereocenters. The van der Waals surface area contributed by atoms with Crippen LogP contribution in [0, 0.1) is 6.92 Å². The standard InChI is InChI=1S/C13H16N4/c1-9(11-6-4-3-5-7-11)17-13-12(8-14-17)15-10(2)16-13/h4,6-9H,3,5H2,1-2H3,(H,15,16). The van der Waals surface area contributed by atoms with Crippen LogP contribution in [-0.2, 0) is 0 Å². The molecule has 0 fully saturated rings. The van der Waals surface area contributed by atoms with E-state index < -0.39 is 0 Å². The van der Waals surface area contributed by atoms with Crippen molar-refractivity contribution in [2.75, 3.05) is 0 Å². The zero-order chi connectivity index (χ0) is 11.8. The molecule has 1 aliphatic carbocycles. The molecular formula is C13H16N4. The number of allylic oxidation sites excluding steroid dienone is 4. The Morgan fingerprint density at radius 2 is 2.29 bits per heavy atom. The number of aromatic amines is 1. The molecule has 1 aliphatic rings. The molecule has 0 amide bonds. The first kappa shape index (κ1) is 10.3. The Balaban J connectivity index is 2.02. The summed E-state index contributed by atoms with van der Waals surface area (Å²) in [7, 11) is 0. The van der Waals surface area contributed by atoms with E-state index in [4.69, 9.17) is 0 Å². The Bertz CT molecular complexity index is 600. The Morgan fingerprint density at radius 1 is 1.41 bits per heavy atom. The molecule has 1 N–H and O–H groups in total. The molecule has 2 aromatic rings. The Hall–Kier alpha value is -1.84. The molecule has 0 spiro atoms. The van der Waals surface area contributed by atoms with Crippen molar-refractivity contribution in [1.29, 1.82) is 0 Å². The Morgan fingerprint density at radius 3 is 3.06 bits per heavy atom. The molecule has 0 bridgehead atoms. The predicted octanol–water partition coefficient (Wildman–Crippen LogP) is 2.91. The van der Waals surface area contributed by atoms with Gasteiger partial charge >= 0.3 is 0 Å². The van der Waals surface area contributed by atoms with Gasteiger partial charge in [-0.15, -0.1) is 0 Å². The lowest BCUT2D eigenvalue weighted by Crippen LogP contribution is -2.10. The molecule has 2 aromatic heterocycles. The van der Waals surface area contributed by atoms with Crippen molar-refractivity contribution in [2.24, 2.45) is 0 Å². The van der Waals surface area contributed by atoms with Gasteiger partial charge in [-0.05, 0) is 32.3 Å². The van der Waals surface area contributed by atoms with Gasteiger partial charge in [0.2, 0.25) is 0 Å². The lowest BCUT2D eigenvalue weighted by atomic mass is 10.0. The van der Waals surface area contributed by atoms with Crippen LogP contribution in [0.25, 0.3) is 11.2 Å². The van der Waals surface area contributed by atoms with Gasteiger partial charge in [-0.2, -0.15) is 5.10 Å². The zero-order valence-corrected chi connectivity index (χ0v) is 10.1. The highest BCUT2D eigenvalue weighted by Crippen LogP contribution is 2.25. The van der Waals surface area contributed by atoms with Crippen LogP contribution in [0.2, 0.25) is 0 Å². The minimum absolute atomic E-state index is 0.242. The van der Waals surface area contributed by atoms with Crippen molar-refractivity contribution in [3.8, 4) is 0 Å². The maximum absolute atomic E-state index is 4.48. The summed E-state index contributed by atoms with van der Waals surface area (Å²) in [4.78, 5) is 7.69. The number of fused-ring (bicyclic) bond motifs is 1. The average Bonchev–Trinajstić information content (AvgIpc) is 2.88. The molecule has 1 atom stereocenters. The highest BCUT2D eigenvalue weighted by molar-refractivity contribution is 5.70. The summed E-state index contributed by atoms with van der Waals surface area (Å²) >= 11 is 0. The zero-order valence-electron chi connectivity index (χ0n) is 10.1. The van der Waals surface area contributed by atoms with Crippen molar-refractivity contribution in [3.63, 3.8) is 0 Å². The van der Waals surface area contributed by atoms with Crippen molar-refractivity contribution in [1.82, 2.24) is 19.7 Å². The number of aryl methyl sites for hydroxylation is 1. The van der Waals surface area contributed by atoms with Gasteiger partial charge in [-0.3, -0.25) is 0 Å². The molecule has 4 nitrogen and oxygen atoms in total. The third-order valence-electron chi connectivity index (χ3n) is 3.23. The fourth-order valence-electron chi connectivity index (χ4n) is 2.31. The minimum atomic E-state index is 0.242. The SMILES string of the molecule is Cc1nc2c(cnn2C(C)C2=CCCC=C2)[nH]1. The Labute approximate surface area is 100 Å². The van der Waals surface area contributed by atoms with E-state index >= 15 is 0 Å². The largest absolute Gasteiger partial charge is 0.340 e. The Kier molecular flexibility index (Phi) is 2.35. The van der Waals surface area contributed by atoms with E-state index in [0.29, 0.717) is 0 Å². The first-order valence-corrected chi connectivity index (χ1v) is 6.02. The second-order valence-corrected chi connectivity index (χ2v) is 4.51. The number of rotatable bonds is 2. The van der Waals surface area contributed by atoms with Crippen molar-refractivity contribution >= 4 is 11.2 Å². The van der Waals surface area contributed by atoms with Crippen molar-refractivity contribution in [3.05, 3.63) is 35.8 Å². The number of aromatic nitrogens is 4. The molecule has 0 radical (unpaired) electrons. The van der Waals surface area contributed by atoms with Gasteiger partial charge in [0, 0.05) is 0 Å². The molecule has 0 aromatic carbocycles. The smallest absolute Gasteiger partial charge is 0.176 e. The molecule has 2 heterocycles. The molecular weight excluding hydrogens is 212 g/mol. The molecule has 88 valence electrons. The van der Waals surface area contributed by atoms with Gasteiger partial charge in [0.05, 0.1) is 12.2 Å². The monoisotopic (exact) mass is 228 g/mol. The van der Waals surface area contributed by atoms with Crippen molar-refractivity contribution < 1.29 is 0 Å². The molecule has 4 heteroatoms. The van der Waals surface area contributed by atoms with E-state index in [1.165, 1.54) is 5.57 Å². The number of imidazole rings is 1. The molecule has 0 aliphatic heterocycles. The van der Waals surface area contributed by atoms with Crippen molar-refractivity contribution in [2.45, 2.75) is 32.7 Å². The third kappa shape index (κ3) is 1.69. The van der Waals surface area contributed by atoms with E-state index in [1.807, 2.05) is 17.8 Å². The topological polar surface area (TPSA) is 46.5 Å². The second-order valence-electron chi connectivity index (χ2n) is 4.51. The lowest BCUT2D eigenvalue weighted by molar-refractivity contribution is 0.574. The first-order chi connectivity index (χ1) is 8.25. The summed E-state index contributed by atoms with van der Waals surface area (Å²) in [5, 5.41) is 4.42. The van der Waals surface area contributed by atoms with Gasteiger partial charge < -0.3 is 4.98 Å². The van der Waals surface area contributed by atoms with E-state index in [1.54, 1.807) is 0 Å². The number of nitrogens with one attached hydrogen (secondary N) is 1. The number of nitrogens with zero attached hydrogens (tertiary/aromatic N) is 3. The minimum Gasteiger partial charge on any atom is -0.340 e. The fraction of sp³-hybridized carbons (Fsp3) is 0.385. The summed E-state index contributed by atoms with van der Waals surface area (Å²) in [6.07, 6.45) is 10.8. The van der Waals surface area contributed by atoms with Gasteiger partial charge in [-0.25, -0.2) is 9.67 Å². The van der Waals surface area contributed by atoms with E-state index in [-0.39, 0.29) is 6.04 Å². The fourth-order valence-corrected chi connectivity index (χ4v) is 2.31. The summed E-state index contributed by atoms with van der Waals surface area (Å²) < 4.78 is 1.99. The van der Waals surface area contributed by atoms with Crippen LogP contribution in [0.3, 0.4) is 0 Å². The van der Waals surface area contributed by atoms with Crippen LogP contribution >= 0.6 is 0 Å². The summed E-state index contributed by atoms with van der Waals surface area (Å²) in [5.41, 5.74) is 3.27. The first-order valence-electron chi connectivity index (χ1n) is 6.02. The maximum Gasteiger partial charge on any atom is 0.176 e. The summed E-state index contributed by atoms with van der Waals surface area (Å²) in [6, 6.07) is 0.242. The van der Waals surface area contributed by atoms with Gasteiger partial charge in [0.25, 0.3) is 0 Å². The van der Waals surface area contributed by atoms with E-state index in [2.05, 4.69) is 40.2 Å². The van der Waals surface area contributed by atoms with Crippen LogP contribution in [0.5, 0.6) is 0 Å². The number of hydrogen-bond donors (Lipinski definition) is 1. The van der Waals surface area contributed by atoms with Crippen LogP contribution < -0.4 is 0 Å². The number of H-pyrrole nitrogens is 1. The van der Waals surface area contributed by atoms with E-state index in [0.717, 1.165) is 29.8 Å². The normalized spacial score (nSPS) is 17.4. The quantitative estimate of drug-likeness (QED) is 0.859. The third-order valence-corrected chi connectivity index (χ3v) is 3.23. The second kappa shape index (κ2) is 3.87. The summed E-state index contributed by atoms with van der Waals surface area (Å²) in [5.74, 6) is 0.937. The van der Waals surface area contributed by atoms with Crippen LogP contribution in [-0.4, -0.2) is 19.7 Å². The lowest BCUT2D eigenvalue weighted by Gasteiger charge is -2.16. The predicted molar refractivity (Wildman–Crippen MR) is 67.8 cm³/mol. The van der Waals surface area contributed by atoms with Crippen LogP contribution in [0.4, 0.5) is 0 Å². The summed E-state index contributed by atoms with van der Waals surface area (Å²) in [6.45, 7) is 4.13. The van der Waals surface area contributed by atoms with Gasteiger partial charge in [-0.1, -0.05) is 18.2 Å². The highest BCUT2D eigenvalue weighted by atomic mass is 15.3. The van der Waals surface area contributed by atoms with Crippen LogP contribution in [0.15, 0.2) is 30.0 Å². The molecule has 0 saturated carbocycles. The van der Waals surface area contributed by atoms with Gasteiger partial charge in [0.1, 0.15) is 11.3 Å². The number of hydrogen-bond acceptors (Lipinski definition) is 2. The highest BCUT2D eigenvalue weighted by Gasteiger charge is 2.15. The molecule has 0 saturated heterocycles. The van der Waals surface area contributed by atoms with Crippen LogP contribution in [0.1, 0.15) is 31.6 Å². The van der Waals surface area contributed by atoms with Gasteiger partial charge in [0.15, 0.2) is 5.65 Å². The average molecular weight is 228 g/mol. The van der Waals surface area contributed by atoms with E-state index in [9.17, 15) is 0 Å².